The summed E-state index contributed by atoms with van der Waals surface area (Å²) in [4.78, 5) is 11.1. The summed E-state index contributed by atoms with van der Waals surface area (Å²) in [5, 5.41) is 11.9. The van der Waals surface area contributed by atoms with Gasteiger partial charge in [0.05, 0.1) is 0 Å². The van der Waals surface area contributed by atoms with Gasteiger partial charge < -0.3 is 5.11 Å². The molecule has 1 aromatic carbocycles. The molecule has 0 radical (unpaired) electrons. The molecule has 0 aliphatic heterocycles. The average Bonchev–Trinajstić information content (AvgIpc) is 2.43. The quantitative estimate of drug-likeness (QED) is 0.669. The van der Waals surface area contributed by atoms with Crippen LogP contribution in [0.1, 0.15) is 0 Å². The highest BCUT2D eigenvalue weighted by Gasteiger charge is 1.96. The van der Waals surface area contributed by atoms with Crippen LogP contribution in [0.15, 0.2) is 34.4 Å². The van der Waals surface area contributed by atoms with Crippen LogP contribution in [0.25, 0.3) is 10.1 Å². The van der Waals surface area contributed by atoms with E-state index in [0.717, 1.165) is 10.1 Å². The summed E-state index contributed by atoms with van der Waals surface area (Å²) < 4.78 is 1.01. The molecule has 1 N–H and O–H groups in total. The van der Waals surface area contributed by atoms with E-state index in [1.54, 1.807) is 17.4 Å². The number of thiophene rings is 1. The van der Waals surface area contributed by atoms with E-state index in [9.17, 15) is 4.79 Å². The van der Waals surface area contributed by atoms with Gasteiger partial charge in [-0.2, -0.15) is 0 Å². The standard InChI is InChI=1S/C9H6O2S/c10-7-1-2-9-6(3-4-12-9)5-8(7)11/h1-5H,(H,10,11). The van der Waals surface area contributed by atoms with Crippen LogP contribution in [-0.2, 0) is 0 Å². The zero-order chi connectivity index (χ0) is 8.55. The van der Waals surface area contributed by atoms with Gasteiger partial charge in [-0.1, -0.05) is 0 Å². The van der Waals surface area contributed by atoms with Crippen molar-refractivity contribution in [1.82, 2.24) is 0 Å². The van der Waals surface area contributed by atoms with Crippen LogP contribution < -0.4 is 5.43 Å². The Bertz CT molecular complexity index is 473. The van der Waals surface area contributed by atoms with Gasteiger partial charge in [-0.3, -0.25) is 4.79 Å². The first kappa shape index (κ1) is 7.31. The predicted octanol–water partition coefficient (Wildman–Crippen LogP) is 1.97. The summed E-state index contributed by atoms with van der Waals surface area (Å²) >= 11 is 1.55. The molecule has 0 atom stereocenters. The first-order valence-corrected chi connectivity index (χ1v) is 4.36. The number of hydrogen-bond donors (Lipinski definition) is 1. The summed E-state index contributed by atoms with van der Waals surface area (Å²) in [5.41, 5.74) is -0.330. The Morgan fingerprint density at radius 1 is 1.25 bits per heavy atom. The molecule has 0 fully saturated rings. The van der Waals surface area contributed by atoms with Gasteiger partial charge in [0.25, 0.3) is 0 Å². The van der Waals surface area contributed by atoms with Crippen molar-refractivity contribution in [3.63, 3.8) is 0 Å². The Labute approximate surface area is 72.7 Å². The molecule has 2 aromatic rings. The first-order valence-electron chi connectivity index (χ1n) is 3.48. The van der Waals surface area contributed by atoms with E-state index in [2.05, 4.69) is 0 Å². The largest absolute Gasteiger partial charge is 0.504 e. The van der Waals surface area contributed by atoms with Gasteiger partial charge in [-0.25, -0.2) is 0 Å². The van der Waals surface area contributed by atoms with Crippen molar-refractivity contribution in [3.05, 3.63) is 39.9 Å². The van der Waals surface area contributed by atoms with E-state index >= 15 is 0 Å². The molecular weight excluding hydrogens is 172 g/mol. The minimum atomic E-state index is -0.330. The lowest BCUT2D eigenvalue weighted by Gasteiger charge is -1.75. The molecule has 12 heavy (non-hydrogen) atoms. The Morgan fingerprint density at radius 2 is 2.08 bits per heavy atom. The molecule has 2 rings (SSSR count). The molecule has 0 aliphatic rings. The third-order valence-corrected chi connectivity index (χ3v) is 2.56. The van der Waals surface area contributed by atoms with Crippen LogP contribution in [-0.4, -0.2) is 5.11 Å². The molecule has 0 unspecified atom stereocenters. The topological polar surface area (TPSA) is 37.3 Å². The average molecular weight is 178 g/mol. The van der Waals surface area contributed by atoms with Crippen molar-refractivity contribution < 1.29 is 5.11 Å². The lowest BCUT2D eigenvalue weighted by atomic mass is 10.3. The molecule has 0 saturated heterocycles. The minimum absolute atomic E-state index is 0.196. The summed E-state index contributed by atoms with van der Waals surface area (Å²) in [6.07, 6.45) is 0. The smallest absolute Gasteiger partial charge is 0.220 e. The Hall–Kier alpha value is -1.35. The molecule has 2 nitrogen and oxygen atoms in total. The van der Waals surface area contributed by atoms with Gasteiger partial charge in [-0.15, -0.1) is 11.3 Å². The highest BCUT2D eigenvalue weighted by Crippen LogP contribution is 2.18. The van der Waals surface area contributed by atoms with E-state index < -0.39 is 0 Å². The number of rotatable bonds is 0. The third kappa shape index (κ3) is 1.08. The van der Waals surface area contributed by atoms with Crippen molar-refractivity contribution in [2.75, 3.05) is 0 Å². The SMILES string of the molecule is O=c1cc2ccsc2ccc1O. The van der Waals surface area contributed by atoms with Crippen LogP contribution in [0.4, 0.5) is 0 Å². The van der Waals surface area contributed by atoms with E-state index in [1.807, 2.05) is 11.4 Å². The fraction of sp³-hybridized carbons (Fsp3) is 0. The first-order chi connectivity index (χ1) is 5.77. The van der Waals surface area contributed by atoms with Gasteiger partial charge in [0, 0.05) is 4.70 Å². The maximum atomic E-state index is 11.1. The second-order valence-corrected chi connectivity index (χ2v) is 3.42. The van der Waals surface area contributed by atoms with E-state index in [-0.39, 0.29) is 11.2 Å². The summed E-state index contributed by atoms with van der Waals surface area (Å²) in [6, 6.07) is 6.49. The molecule has 0 aliphatic carbocycles. The van der Waals surface area contributed by atoms with Gasteiger partial charge >= 0.3 is 0 Å². The van der Waals surface area contributed by atoms with Crippen LogP contribution in [0, 0.1) is 0 Å². The Morgan fingerprint density at radius 3 is 2.92 bits per heavy atom. The molecule has 0 bridgehead atoms. The summed E-state index contributed by atoms with van der Waals surface area (Å²) in [5.74, 6) is -0.196. The summed E-state index contributed by atoms with van der Waals surface area (Å²) in [6.45, 7) is 0. The number of aromatic hydroxyl groups is 1. The zero-order valence-corrected chi connectivity index (χ0v) is 6.97. The lowest BCUT2D eigenvalue weighted by Crippen LogP contribution is -1.91. The zero-order valence-electron chi connectivity index (χ0n) is 6.15. The van der Waals surface area contributed by atoms with Crippen LogP contribution in [0.5, 0.6) is 5.75 Å². The molecule has 0 spiro atoms. The monoisotopic (exact) mass is 178 g/mol. The van der Waals surface area contributed by atoms with Gasteiger partial charge in [0.2, 0.25) is 5.43 Å². The molecule has 1 heterocycles. The van der Waals surface area contributed by atoms with Gasteiger partial charge in [-0.05, 0) is 35.0 Å². The highest BCUT2D eigenvalue weighted by atomic mass is 32.1. The number of fused-ring (bicyclic) bond motifs is 1. The fourth-order valence-electron chi connectivity index (χ4n) is 1.04. The van der Waals surface area contributed by atoms with E-state index in [0.29, 0.717) is 0 Å². The van der Waals surface area contributed by atoms with Crippen molar-refractivity contribution in [2.24, 2.45) is 0 Å². The predicted molar refractivity (Wildman–Crippen MR) is 49.8 cm³/mol. The van der Waals surface area contributed by atoms with Gasteiger partial charge in [0.15, 0.2) is 5.75 Å². The van der Waals surface area contributed by atoms with Crippen molar-refractivity contribution in [2.45, 2.75) is 0 Å². The minimum Gasteiger partial charge on any atom is -0.504 e. The maximum absolute atomic E-state index is 11.1. The van der Waals surface area contributed by atoms with E-state index in [1.165, 1.54) is 12.1 Å². The van der Waals surface area contributed by atoms with Crippen molar-refractivity contribution >= 4 is 21.4 Å². The Kier molecular flexibility index (Phi) is 1.59. The molecule has 1 aromatic heterocycles. The van der Waals surface area contributed by atoms with Crippen LogP contribution in [0.3, 0.4) is 0 Å². The van der Waals surface area contributed by atoms with Crippen molar-refractivity contribution in [1.29, 1.82) is 0 Å². The summed E-state index contributed by atoms with van der Waals surface area (Å²) in [7, 11) is 0. The molecule has 60 valence electrons. The fourth-order valence-corrected chi connectivity index (χ4v) is 1.81. The van der Waals surface area contributed by atoms with Crippen molar-refractivity contribution in [3.8, 4) is 5.75 Å². The molecule has 0 amide bonds. The number of hydrogen-bond acceptors (Lipinski definition) is 3. The molecule has 3 heteroatoms. The van der Waals surface area contributed by atoms with Crippen LogP contribution in [0.2, 0.25) is 0 Å². The second-order valence-electron chi connectivity index (χ2n) is 2.47. The third-order valence-electron chi connectivity index (χ3n) is 1.66. The lowest BCUT2D eigenvalue weighted by molar-refractivity contribution is 0.471. The Balaban J connectivity index is 2.98. The molecule has 0 saturated carbocycles. The normalized spacial score (nSPS) is 10.3. The highest BCUT2D eigenvalue weighted by molar-refractivity contribution is 7.17. The second kappa shape index (κ2) is 2.60. The van der Waals surface area contributed by atoms with E-state index in [4.69, 9.17) is 5.11 Å². The maximum Gasteiger partial charge on any atom is 0.220 e. The molecular formula is C9H6O2S. The van der Waals surface area contributed by atoms with Crippen LogP contribution >= 0.6 is 11.3 Å². The van der Waals surface area contributed by atoms with Gasteiger partial charge in [0.1, 0.15) is 0 Å².